The van der Waals surface area contributed by atoms with Gasteiger partial charge in [0.2, 0.25) is 0 Å². The molecule has 4 N–H and O–H groups in total. The second-order valence-corrected chi connectivity index (χ2v) is 7.51. The zero-order chi connectivity index (χ0) is 22.4. The highest BCUT2D eigenvalue weighted by molar-refractivity contribution is 6.33. The van der Waals surface area contributed by atoms with Crippen molar-refractivity contribution in [2.45, 2.75) is 31.1 Å². The van der Waals surface area contributed by atoms with Crippen LogP contribution in [-0.4, -0.2) is 52.2 Å². The van der Waals surface area contributed by atoms with Crippen LogP contribution in [0.3, 0.4) is 0 Å². The number of hydrogen-bond acceptors (Lipinski definition) is 10. The maximum absolute atomic E-state index is 13.3. The minimum Gasteiger partial charge on any atom is -0.390 e. The third-order valence-corrected chi connectivity index (χ3v) is 5.39. The van der Waals surface area contributed by atoms with Crippen LogP contribution in [0, 0.1) is 5.82 Å². The minimum absolute atomic E-state index is 0.158. The summed E-state index contributed by atoms with van der Waals surface area (Å²) in [6.45, 7) is -0.338. The molecule has 4 heterocycles. The van der Waals surface area contributed by atoms with Crippen LogP contribution in [0.2, 0.25) is 5.02 Å². The van der Waals surface area contributed by atoms with Gasteiger partial charge in [-0.1, -0.05) is 16.8 Å². The van der Waals surface area contributed by atoms with E-state index in [1.54, 1.807) is 0 Å². The number of benzene rings is 1. The Morgan fingerprint density at radius 3 is 2.75 bits per heavy atom. The lowest BCUT2D eigenvalue weighted by Crippen LogP contribution is -2.28. The summed E-state index contributed by atoms with van der Waals surface area (Å²) in [4.78, 5) is 12.7. The molecule has 1 saturated heterocycles. The maximum Gasteiger partial charge on any atom is 0.168 e. The number of fused-ring (bicyclic) bond motifs is 1. The van der Waals surface area contributed by atoms with Crippen LogP contribution >= 0.6 is 11.6 Å². The Morgan fingerprint density at radius 1 is 1.16 bits per heavy atom. The molecule has 0 bridgehead atoms. The standard InChI is InChI=1S/C19H16ClFN6O5/c20-10-3-8(21)1-2-11(10)25-17-13-18(23-6-22-17)27(7-24-13)19-15(30)14(29)16(31-19)12-4-9(5-28)26-32-12/h1-4,6-7,14-16,19,28-30H,5H2,(H,22,23,25)/t14-,15+,16+,19+/m0/s1. The fourth-order valence-corrected chi connectivity index (χ4v) is 3.72. The number of hydrogen-bond donors (Lipinski definition) is 4. The highest BCUT2D eigenvalue weighted by Crippen LogP contribution is 2.40. The van der Waals surface area contributed by atoms with E-state index in [2.05, 4.69) is 25.4 Å². The highest BCUT2D eigenvalue weighted by Gasteiger charge is 2.46. The average molecular weight is 463 g/mol. The summed E-state index contributed by atoms with van der Waals surface area (Å²) in [6.07, 6.45) is -2.05. The molecule has 0 unspecified atom stereocenters. The number of nitrogens with zero attached hydrogens (tertiary/aromatic N) is 5. The van der Waals surface area contributed by atoms with Crippen molar-refractivity contribution in [1.29, 1.82) is 0 Å². The lowest BCUT2D eigenvalue weighted by molar-refractivity contribution is -0.0434. The molecule has 1 fully saturated rings. The first-order chi connectivity index (χ1) is 15.5. The second-order valence-electron chi connectivity index (χ2n) is 7.10. The van der Waals surface area contributed by atoms with E-state index in [1.807, 2.05) is 0 Å². The van der Waals surface area contributed by atoms with Crippen LogP contribution < -0.4 is 5.32 Å². The Balaban J connectivity index is 1.47. The Bertz CT molecular complexity index is 1280. The van der Waals surface area contributed by atoms with Crippen LogP contribution in [0.5, 0.6) is 0 Å². The van der Waals surface area contributed by atoms with E-state index in [0.717, 1.165) is 6.07 Å². The van der Waals surface area contributed by atoms with Gasteiger partial charge in [0, 0.05) is 6.07 Å². The van der Waals surface area contributed by atoms with Crippen LogP contribution in [0.25, 0.3) is 11.2 Å². The number of halogens is 2. The molecule has 0 aliphatic carbocycles. The number of aliphatic hydroxyl groups excluding tert-OH is 3. The third-order valence-electron chi connectivity index (χ3n) is 5.08. The van der Waals surface area contributed by atoms with Gasteiger partial charge in [-0.2, -0.15) is 0 Å². The third kappa shape index (κ3) is 3.47. The van der Waals surface area contributed by atoms with Crippen molar-refractivity contribution in [1.82, 2.24) is 24.7 Å². The Hall–Kier alpha value is -3.16. The van der Waals surface area contributed by atoms with Gasteiger partial charge in [-0.25, -0.2) is 19.3 Å². The number of ether oxygens (including phenoxy) is 1. The molecule has 166 valence electrons. The molecule has 1 aromatic carbocycles. The molecule has 4 atom stereocenters. The van der Waals surface area contributed by atoms with Crippen LogP contribution in [-0.2, 0) is 11.3 Å². The molecule has 0 radical (unpaired) electrons. The van der Waals surface area contributed by atoms with Crippen molar-refractivity contribution in [2.75, 3.05) is 5.32 Å². The Morgan fingerprint density at radius 2 is 2.00 bits per heavy atom. The summed E-state index contributed by atoms with van der Waals surface area (Å²) >= 11 is 6.08. The molecular formula is C19H16ClFN6O5. The van der Waals surface area contributed by atoms with E-state index in [0.29, 0.717) is 22.7 Å². The first-order valence-corrected chi connectivity index (χ1v) is 9.81. The van der Waals surface area contributed by atoms with E-state index in [9.17, 15) is 14.6 Å². The number of anilines is 2. The van der Waals surface area contributed by atoms with E-state index < -0.39 is 30.4 Å². The van der Waals surface area contributed by atoms with Gasteiger partial charge in [0.15, 0.2) is 29.0 Å². The summed E-state index contributed by atoms with van der Waals surface area (Å²) in [6, 6.07) is 5.31. The van der Waals surface area contributed by atoms with Gasteiger partial charge < -0.3 is 29.9 Å². The van der Waals surface area contributed by atoms with Crippen molar-refractivity contribution in [3.05, 3.63) is 59.2 Å². The molecular weight excluding hydrogens is 447 g/mol. The van der Waals surface area contributed by atoms with Gasteiger partial charge in [-0.3, -0.25) is 4.57 Å². The van der Waals surface area contributed by atoms with Crippen molar-refractivity contribution >= 4 is 34.3 Å². The normalized spacial score (nSPS) is 23.2. The zero-order valence-electron chi connectivity index (χ0n) is 16.1. The first-order valence-electron chi connectivity index (χ1n) is 9.44. The number of rotatable bonds is 5. The van der Waals surface area contributed by atoms with Gasteiger partial charge in [-0.05, 0) is 18.2 Å². The monoisotopic (exact) mass is 462 g/mol. The number of imidazole rings is 1. The van der Waals surface area contributed by atoms with E-state index in [4.69, 9.17) is 26.0 Å². The molecule has 5 rings (SSSR count). The second kappa shape index (κ2) is 8.07. The zero-order valence-corrected chi connectivity index (χ0v) is 16.9. The van der Waals surface area contributed by atoms with Crippen LogP contribution in [0.15, 0.2) is 41.4 Å². The van der Waals surface area contributed by atoms with Gasteiger partial charge in [0.05, 0.1) is 23.6 Å². The van der Waals surface area contributed by atoms with Crippen molar-refractivity contribution in [3.8, 4) is 0 Å². The smallest absolute Gasteiger partial charge is 0.168 e. The van der Waals surface area contributed by atoms with Gasteiger partial charge in [0.1, 0.15) is 36.2 Å². The lowest BCUT2D eigenvalue weighted by Gasteiger charge is -2.16. The van der Waals surface area contributed by atoms with Gasteiger partial charge in [-0.15, -0.1) is 0 Å². The molecule has 1 aliphatic heterocycles. The largest absolute Gasteiger partial charge is 0.390 e. The first kappa shape index (κ1) is 20.7. The molecule has 11 nitrogen and oxygen atoms in total. The molecule has 4 aromatic rings. The quantitative estimate of drug-likeness (QED) is 0.345. The summed E-state index contributed by atoms with van der Waals surface area (Å²) in [5.74, 6) is -0.0128. The summed E-state index contributed by atoms with van der Waals surface area (Å²) < 4.78 is 25.7. The van der Waals surface area contributed by atoms with Crippen molar-refractivity contribution in [2.24, 2.45) is 0 Å². The number of nitrogens with one attached hydrogen (secondary N) is 1. The Labute approximate surface area is 184 Å². The minimum atomic E-state index is -1.34. The van der Waals surface area contributed by atoms with Crippen LogP contribution in [0.1, 0.15) is 23.8 Å². The lowest BCUT2D eigenvalue weighted by atomic mass is 10.1. The fraction of sp³-hybridized carbons (Fsp3) is 0.263. The molecule has 13 heteroatoms. The van der Waals surface area contributed by atoms with Gasteiger partial charge >= 0.3 is 0 Å². The fourth-order valence-electron chi connectivity index (χ4n) is 3.51. The number of aliphatic hydroxyl groups is 3. The number of aromatic nitrogens is 5. The molecule has 3 aromatic heterocycles. The Kier molecular flexibility index (Phi) is 5.23. The molecule has 0 saturated carbocycles. The van der Waals surface area contributed by atoms with Gasteiger partial charge in [0.25, 0.3) is 0 Å². The summed E-state index contributed by atoms with van der Waals surface area (Å²) in [7, 11) is 0. The summed E-state index contributed by atoms with van der Waals surface area (Å²) in [5.41, 5.74) is 1.33. The molecule has 1 aliphatic rings. The topological polar surface area (TPSA) is 152 Å². The maximum atomic E-state index is 13.3. The summed E-state index contributed by atoms with van der Waals surface area (Å²) in [5, 5.41) is 37.1. The van der Waals surface area contributed by atoms with E-state index in [-0.39, 0.29) is 23.1 Å². The van der Waals surface area contributed by atoms with Crippen LogP contribution in [0.4, 0.5) is 15.9 Å². The molecule has 0 spiro atoms. The molecule has 0 amide bonds. The van der Waals surface area contributed by atoms with E-state index >= 15 is 0 Å². The predicted octanol–water partition coefficient (Wildman–Crippen LogP) is 1.83. The van der Waals surface area contributed by atoms with Crippen molar-refractivity contribution in [3.63, 3.8) is 0 Å². The van der Waals surface area contributed by atoms with E-state index in [1.165, 1.54) is 35.4 Å². The average Bonchev–Trinajstić information content (AvgIpc) is 3.49. The predicted molar refractivity (Wildman–Crippen MR) is 107 cm³/mol. The SMILES string of the molecule is OCc1cc([C@H]2O[C@@H](n3cnc4c(Nc5ccc(F)cc5Cl)ncnc43)[C@H](O)[C@@H]2O)on1. The highest BCUT2D eigenvalue weighted by atomic mass is 35.5. The van der Waals surface area contributed by atoms with Crippen molar-refractivity contribution < 1.29 is 29.0 Å². The molecule has 32 heavy (non-hydrogen) atoms.